The first-order chi connectivity index (χ1) is 12.6. The van der Waals surface area contributed by atoms with Crippen LogP contribution in [0.3, 0.4) is 0 Å². The van der Waals surface area contributed by atoms with E-state index in [1.807, 2.05) is 23.1 Å². The van der Waals surface area contributed by atoms with E-state index in [4.69, 9.17) is 0 Å². The zero-order valence-corrected chi connectivity index (χ0v) is 14.3. The summed E-state index contributed by atoms with van der Waals surface area (Å²) in [6, 6.07) is 20.0. The van der Waals surface area contributed by atoms with Gasteiger partial charge in [0.2, 0.25) is 0 Å². The summed E-state index contributed by atoms with van der Waals surface area (Å²) in [5.74, 6) is -1.09. The molecular weight excluding hydrogens is 329 g/mol. The van der Waals surface area contributed by atoms with Gasteiger partial charge in [0.05, 0.1) is 6.04 Å². The highest BCUT2D eigenvalue weighted by molar-refractivity contribution is 5.83. The number of hydrogen-bond acceptors (Lipinski definition) is 2. The Labute approximate surface area is 151 Å². The van der Waals surface area contributed by atoms with Crippen LogP contribution in [0, 0.1) is 5.82 Å². The highest BCUT2D eigenvalue weighted by Crippen LogP contribution is 2.36. The largest absolute Gasteiger partial charge is 0.480 e. The molecule has 0 aliphatic carbocycles. The first-order valence-electron chi connectivity index (χ1n) is 8.86. The Kier molecular flexibility index (Phi) is 4.43. The second-order valence-electron chi connectivity index (χ2n) is 6.79. The van der Waals surface area contributed by atoms with E-state index in [9.17, 15) is 14.3 Å². The minimum Gasteiger partial charge on any atom is -0.480 e. The number of nitrogens with zero attached hydrogens (tertiary/aromatic N) is 1. The van der Waals surface area contributed by atoms with Crippen molar-refractivity contribution in [3.05, 3.63) is 83.7 Å². The van der Waals surface area contributed by atoms with Crippen molar-refractivity contribution in [2.24, 2.45) is 0 Å². The van der Waals surface area contributed by atoms with E-state index < -0.39 is 12.0 Å². The first-order valence-corrected chi connectivity index (χ1v) is 8.86. The topological polar surface area (TPSA) is 40.5 Å². The van der Waals surface area contributed by atoms with Gasteiger partial charge in [-0.1, -0.05) is 48.5 Å². The Hall–Kier alpha value is -2.72. The number of aliphatic carboxylic acids is 1. The average molecular weight is 349 g/mol. The van der Waals surface area contributed by atoms with E-state index in [2.05, 4.69) is 24.3 Å². The molecule has 0 bridgehead atoms. The molecule has 0 saturated carbocycles. The zero-order chi connectivity index (χ0) is 18.1. The summed E-state index contributed by atoms with van der Waals surface area (Å²) in [5, 5.41) is 11.9. The number of likely N-dealkylation sites (tertiary alicyclic amines) is 1. The smallest absolute Gasteiger partial charge is 0.320 e. The molecule has 1 heterocycles. The SMILES string of the molecule is O=C(O)C1CCCN1C(c1ccc(F)cc1)c1ccc2ccccc2c1. The molecule has 1 saturated heterocycles. The predicted molar refractivity (Wildman–Crippen MR) is 99.6 cm³/mol. The van der Waals surface area contributed by atoms with Gasteiger partial charge < -0.3 is 5.11 Å². The Bertz CT molecular complexity index is 938. The molecule has 3 aromatic rings. The molecule has 2 atom stereocenters. The fraction of sp³-hybridized carbons (Fsp3) is 0.227. The summed E-state index contributed by atoms with van der Waals surface area (Å²) in [6.07, 6.45) is 1.49. The zero-order valence-electron chi connectivity index (χ0n) is 14.3. The first kappa shape index (κ1) is 16.7. The fourth-order valence-corrected chi connectivity index (χ4v) is 3.96. The molecule has 3 nitrogen and oxygen atoms in total. The molecular formula is C22H20FNO2. The average Bonchev–Trinajstić information content (AvgIpc) is 3.13. The molecule has 0 radical (unpaired) electrons. The molecule has 26 heavy (non-hydrogen) atoms. The van der Waals surface area contributed by atoms with Gasteiger partial charge in [-0.3, -0.25) is 9.69 Å². The van der Waals surface area contributed by atoms with Crippen molar-refractivity contribution >= 4 is 16.7 Å². The third kappa shape index (κ3) is 3.08. The number of carbonyl (C=O) groups is 1. The van der Waals surface area contributed by atoms with Crippen molar-refractivity contribution in [1.29, 1.82) is 0 Å². The van der Waals surface area contributed by atoms with Crippen LogP contribution in [-0.4, -0.2) is 28.6 Å². The predicted octanol–water partition coefficient (Wildman–Crippen LogP) is 4.62. The van der Waals surface area contributed by atoms with Crippen LogP contribution in [-0.2, 0) is 4.79 Å². The van der Waals surface area contributed by atoms with Crippen molar-refractivity contribution in [3.63, 3.8) is 0 Å². The second kappa shape index (κ2) is 6.89. The summed E-state index contributed by atoms with van der Waals surface area (Å²) < 4.78 is 13.4. The monoisotopic (exact) mass is 349 g/mol. The molecule has 0 aromatic heterocycles. The van der Waals surface area contributed by atoms with E-state index in [1.165, 1.54) is 12.1 Å². The van der Waals surface area contributed by atoms with Gasteiger partial charge in [0.25, 0.3) is 0 Å². The Morgan fingerprint density at radius 1 is 1.00 bits per heavy atom. The summed E-state index contributed by atoms with van der Waals surface area (Å²) >= 11 is 0. The number of rotatable bonds is 4. The quantitative estimate of drug-likeness (QED) is 0.747. The molecule has 4 heteroatoms. The molecule has 2 unspecified atom stereocenters. The number of carboxylic acid groups (broad SMARTS) is 1. The summed E-state index contributed by atoms with van der Waals surface area (Å²) in [7, 11) is 0. The summed E-state index contributed by atoms with van der Waals surface area (Å²) in [5.41, 5.74) is 1.94. The lowest BCUT2D eigenvalue weighted by atomic mass is 9.94. The van der Waals surface area contributed by atoms with Crippen LogP contribution in [0.4, 0.5) is 4.39 Å². The summed E-state index contributed by atoms with van der Waals surface area (Å²) in [6.45, 7) is 0.714. The van der Waals surface area contributed by atoms with Crippen LogP contribution in [0.25, 0.3) is 10.8 Å². The normalized spacial score (nSPS) is 18.9. The van der Waals surface area contributed by atoms with E-state index in [-0.39, 0.29) is 11.9 Å². The molecule has 132 valence electrons. The van der Waals surface area contributed by atoms with Crippen molar-refractivity contribution in [2.75, 3.05) is 6.54 Å². The highest BCUT2D eigenvalue weighted by Gasteiger charge is 2.36. The van der Waals surface area contributed by atoms with Crippen LogP contribution in [0.5, 0.6) is 0 Å². The van der Waals surface area contributed by atoms with Gasteiger partial charge in [-0.25, -0.2) is 4.39 Å². The number of hydrogen-bond donors (Lipinski definition) is 1. The van der Waals surface area contributed by atoms with Gasteiger partial charge in [0, 0.05) is 6.54 Å². The molecule has 0 spiro atoms. The van der Waals surface area contributed by atoms with Gasteiger partial charge in [-0.05, 0) is 52.9 Å². The van der Waals surface area contributed by atoms with Gasteiger partial charge in [-0.2, -0.15) is 0 Å². The van der Waals surface area contributed by atoms with Gasteiger partial charge in [0.15, 0.2) is 0 Å². The number of benzene rings is 3. The molecule has 3 aromatic carbocycles. The summed E-state index contributed by atoms with van der Waals surface area (Å²) in [4.78, 5) is 13.8. The molecule has 1 aliphatic heterocycles. The van der Waals surface area contributed by atoms with Crippen LogP contribution in [0.1, 0.15) is 30.0 Å². The van der Waals surface area contributed by atoms with E-state index >= 15 is 0 Å². The van der Waals surface area contributed by atoms with Gasteiger partial charge in [0.1, 0.15) is 11.9 Å². The standard InChI is InChI=1S/C22H20FNO2/c23-19-11-9-16(10-12-19)21(24-13-3-6-20(24)22(25)26)18-8-7-15-4-1-2-5-17(15)14-18/h1-2,4-5,7-12,14,20-21H,3,6,13H2,(H,25,26). The van der Waals surface area contributed by atoms with E-state index in [0.29, 0.717) is 13.0 Å². The minimum absolute atomic E-state index is 0.205. The number of carboxylic acids is 1. The second-order valence-corrected chi connectivity index (χ2v) is 6.79. The molecule has 0 amide bonds. The van der Waals surface area contributed by atoms with Crippen LogP contribution in [0.2, 0.25) is 0 Å². The highest BCUT2D eigenvalue weighted by atomic mass is 19.1. The molecule has 1 N–H and O–H groups in total. The maximum absolute atomic E-state index is 13.4. The number of halogens is 1. The number of fused-ring (bicyclic) bond motifs is 1. The third-order valence-electron chi connectivity index (χ3n) is 5.19. The van der Waals surface area contributed by atoms with Crippen LogP contribution < -0.4 is 0 Å². The Morgan fingerprint density at radius 2 is 1.69 bits per heavy atom. The maximum Gasteiger partial charge on any atom is 0.320 e. The Morgan fingerprint density at radius 3 is 2.42 bits per heavy atom. The van der Waals surface area contributed by atoms with Crippen LogP contribution in [0.15, 0.2) is 66.7 Å². The van der Waals surface area contributed by atoms with Crippen molar-refractivity contribution in [3.8, 4) is 0 Å². The fourth-order valence-electron chi connectivity index (χ4n) is 3.96. The van der Waals surface area contributed by atoms with E-state index in [1.54, 1.807) is 12.1 Å². The van der Waals surface area contributed by atoms with Crippen molar-refractivity contribution in [1.82, 2.24) is 4.90 Å². The molecule has 1 aliphatic rings. The lowest BCUT2D eigenvalue weighted by Crippen LogP contribution is -2.39. The van der Waals surface area contributed by atoms with E-state index in [0.717, 1.165) is 28.3 Å². The lowest BCUT2D eigenvalue weighted by Gasteiger charge is -2.32. The lowest BCUT2D eigenvalue weighted by molar-refractivity contribution is -0.142. The van der Waals surface area contributed by atoms with Gasteiger partial charge in [-0.15, -0.1) is 0 Å². The maximum atomic E-state index is 13.4. The molecule has 4 rings (SSSR count). The Balaban J connectivity index is 1.83. The minimum atomic E-state index is -0.796. The van der Waals surface area contributed by atoms with Crippen molar-refractivity contribution < 1.29 is 14.3 Å². The van der Waals surface area contributed by atoms with Gasteiger partial charge >= 0.3 is 5.97 Å². The van der Waals surface area contributed by atoms with Crippen LogP contribution >= 0.6 is 0 Å². The van der Waals surface area contributed by atoms with Crippen molar-refractivity contribution in [2.45, 2.75) is 24.9 Å². The molecule has 1 fully saturated rings. The third-order valence-corrected chi connectivity index (χ3v) is 5.19.